The largest absolute Gasteiger partial charge is 0.398 e. The zero-order chi connectivity index (χ0) is 15.3. The molecule has 0 bridgehead atoms. The van der Waals surface area contributed by atoms with Crippen molar-refractivity contribution in [2.24, 2.45) is 5.92 Å². The van der Waals surface area contributed by atoms with Gasteiger partial charge in [0.25, 0.3) is 0 Å². The molecule has 0 fully saturated rings. The highest BCUT2D eigenvalue weighted by molar-refractivity contribution is 7.89. The third-order valence-corrected chi connectivity index (χ3v) is 5.00. The molecule has 1 rings (SSSR count). The lowest BCUT2D eigenvalue weighted by molar-refractivity contribution is 0.530. The fraction of sp³-hybridized carbons (Fsp3) is 0.571. The summed E-state index contributed by atoms with van der Waals surface area (Å²) in [5.41, 5.74) is 6.83. The molecule has 0 aliphatic carbocycles. The molecule has 3 N–H and O–H groups in total. The lowest BCUT2D eigenvalue weighted by Crippen LogP contribution is -2.25. The van der Waals surface area contributed by atoms with Crippen LogP contribution in [0.1, 0.15) is 38.7 Å². The molecular weight excluding hydrogens is 296 g/mol. The molecule has 1 aromatic rings. The van der Waals surface area contributed by atoms with Gasteiger partial charge in [-0.05, 0) is 37.0 Å². The van der Waals surface area contributed by atoms with Crippen LogP contribution in [0.5, 0.6) is 0 Å². The van der Waals surface area contributed by atoms with Crippen molar-refractivity contribution in [1.82, 2.24) is 4.72 Å². The van der Waals surface area contributed by atoms with E-state index in [1.54, 1.807) is 6.92 Å². The van der Waals surface area contributed by atoms with Crippen molar-refractivity contribution in [3.63, 3.8) is 0 Å². The summed E-state index contributed by atoms with van der Waals surface area (Å²) in [5, 5.41) is 0.366. The summed E-state index contributed by atoms with van der Waals surface area (Å²) >= 11 is 5.97. The van der Waals surface area contributed by atoms with Crippen molar-refractivity contribution in [3.05, 3.63) is 22.7 Å². The molecule has 0 aliphatic heterocycles. The van der Waals surface area contributed by atoms with Gasteiger partial charge in [0.1, 0.15) is 0 Å². The van der Waals surface area contributed by atoms with Gasteiger partial charge in [-0.2, -0.15) is 0 Å². The fourth-order valence-corrected chi connectivity index (χ4v) is 3.22. The summed E-state index contributed by atoms with van der Waals surface area (Å²) in [6.07, 6.45) is 2.94. The van der Waals surface area contributed by atoms with Gasteiger partial charge < -0.3 is 5.73 Å². The Bertz CT molecular complexity index is 533. The van der Waals surface area contributed by atoms with Crippen LogP contribution in [0.4, 0.5) is 5.69 Å². The lowest BCUT2D eigenvalue weighted by atomic mass is 10.1. The highest BCUT2D eigenvalue weighted by Gasteiger charge is 2.16. The van der Waals surface area contributed by atoms with Gasteiger partial charge in [-0.15, -0.1) is 0 Å². The Balaban J connectivity index is 2.65. The highest BCUT2D eigenvalue weighted by atomic mass is 35.5. The van der Waals surface area contributed by atoms with Gasteiger partial charge in [0, 0.05) is 17.3 Å². The molecule has 1 aromatic carbocycles. The molecule has 0 saturated carbocycles. The van der Waals surface area contributed by atoms with E-state index in [9.17, 15) is 8.42 Å². The number of rotatable bonds is 7. The normalized spacial score (nSPS) is 12.1. The first kappa shape index (κ1) is 17.3. The number of nitrogen functional groups attached to an aromatic ring is 1. The quantitative estimate of drug-likeness (QED) is 0.598. The molecular formula is C14H23ClN2O2S. The number of halogens is 1. The minimum absolute atomic E-state index is 0.120. The van der Waals surface area contributed by atoms with Crippen molar-refractivity contribution in [2.75, 3.05) is 12.3 Å². The van der Waals surface area contributed by atoms with E-state index in [2.05, 4.69) is 18.6 Å². The summed E-state index contributed by atoms with van der Waals surface area (Å²) in [7, 11) is -3.54. The van der Waals surface area contributed by atoms with Gasteiger partial charge in [-0.3, -0.25) is 0 Å². The van der Waals surface area contributed by atoms with Crippen LogP contribution in [0.15, 0.2) is 17.0 Å². The molecule has 4 nitrogen and oxygen atoms in total. The average molecular weight is 319 g/mol. The molecule has 0 atom stereocenters. The van der Waals surface area contributed by atoms with Crippen LogP contribution in [0.2, 0.25) is 5.02 Å². The van der Waals surface area contributed by atoms with E-state index in [4.69, 9.17) is 17.3 Å². The Morgan fingerprint density at radius 1 is 1.30 bits per heavy atom. The summed E-state index contributed by atoms with van der Waals surface area (Å²) < 4.78 is 26.8. The maximum Gasteiger partial charge on any atom is 0.240 e. The Morgan fingerprint density at radius 2 is 1.95 bits per heavy atom. The monoisotopic (exact) mass is 318 g/mol. The average Bonchev–Trinajstić information content (AvgIpc) is 2.34. The van der Waals surface area contributed by atoms with Crippen LogP contribution in [0, 0.1) is 12.8 Å². The molecule has 0 spiro atoms. The molecule has 0 amide bonds. The van der Waals surface area contributed by atoms with Gasteiger partial charge >= 0.3 is 0 Å². The smallest absolute Gasteiger partial charge is 0.240 e. The first-order chi connectivity index (χ1) is 9.24. The van der Waals surface area contributed by atoms with Gasteiger partial charge in [0.15, 0.2) is 0 Å². The molecule has 114 valence electrons. The molecule has 0 heterocycles. The number of sulfonamides is 1. The zero-order valence-electron chi connectivity index (χ0n) is 12.2. The van der Waals surface area contributed by atoms with Gasteiger partial charge in [-0.1, -0.05) is 38.3 Å². The van der Waals surface area contributed by atoms with Crippen molar-refractivity contribution in [1.29, 1.82) is 0 Å². The second-order valence-electron chi connectivity index (χ2n) is 5.41. The van der Waals surface area contributed by atoms with E-state index < -0.39 is 10.0 Å². The first-order valence-electron chi connectivity index (χ1n) is 6.79. The van der Waals surface area contributed by atoms with E-state index in [0.717, 1.165) is 19.3 Å². The van der Waals surface area contributed by atoms with Crippen LogP contribution in [-0.2, 0) is 10.0 Å². The van der Waals surface area contributed by atoms with Gasteiger partial charge in [0.05, 0.1) is 4.90 Å². The fourth-order valence-electron chi connectivity index (χ4n) is 1.80. The lowest BCUT2D eigenvalue weighted by Gasteiger charge is -2.10. The van der Waals surface area contributed by atoms with Crippen molar-refractivity contribution < 1.29 is 8.42 Å². The number of benzene rings is 1. The maximum atomic E-state index is 12.1. The van der Waals surface area contributed by atoms with E-state index in [1.165, 1.54) is 12.1 Å². The number of hydrogen-bond donors (Lipinski definition) is 2. The summed E-state index contributed by atoms with van der Waals surface area (Å²) in [5.74, 6) is 0.641. The molecule has 0 unspecified atom stereocenters. The maximum absolute atomic E-state index is 12.1. The molecule has 0 aliphatic rings. The number of anilines is 1. The predicted octanol–water partition coefficient (Wildman–Crippen LogP) is 3.34. The predicted molar refractivity (Wildman–Crippen MR) is 84.5 cm³/mol. The Labute approximate surface area is 126 Å². The minimum atomic E-state index is -3.54. The molecule has 0 saturated heterocycles. The zero-order valence-corrected chi connectivity index (χ0v) is 13.8. The molecule has 0 radical (unpaired) electrons. The van der Waals surface area contributed by atoms with Crippen LogP contribution in [-0.4, -0.2) is 15.0 Å². The number of nitrogens with two attached hydrogens (primary N) is 1. The number of nitrogens with one attached hydrogen (secondary N) is 1. The molecule has 0 aromatic heterocycles. The third-order valence-electron chi connectivity index (χ3n) is 3.17. The summed E-state index contributed by atoms with van der Waals surface area (Å²) in [6, 6.07) is 2.88. The standard InChI is InChI=1S/C14H23ClN2O2S/c1-10(2)6-4-5-7-17-20(18,19)12-8-13(15)11(3)14(16)9-12/h8-10,17H,4-7,16H2,1-3H3. The number of unbranched alkanes of at least 4 members (excludes halogenated alkanes) is 1. The number of hydrogen-bond acceptors (Lipinski definition) is 3. The molecule has 6 heteroatoms. The Kier molecular flexibility index (Phi) is 6.30. The second kappa shape index (κ2) is 7.29. The second-order valence-corrected chi connectivity index (χ2v) is 7.58. The van der Waals surface area contributed by atoms with E-state index in [0.29, 0.717) is 28.7 Å². The first-order valence-corrected chi connectivity index (χ1v) is 8.65. The topological polar surface area (TPSA) is 72.2 Å². The van der Waals surface area contributed by atoms with Crippen LogP contribution >= 0.6 is 11.6 Å². The summed E-state index contributed by atoms with van der Waals surface area (Å²) in [6.45, 7) is 6.50. The highest BCUT2D eigenvalue weighted by Crippen LogP contribution is 2.25. The van der Waals surface area contributed by atoms with Gasteiger partial charge in [-0.25, -0.2) is 13.1 Å². The van der Waals surface area contributed by atoms with Gasteiger partial charge in [0.2, 0.25) is 10.0 Å². The van der Waals surface area contributed by atoms with E-state index in [-0.39, 0.29) is 4.90 Å². The third kappa shape index (κ3) is 4.96. The SMILES string of the molecule is Cc1c(N)cc(S(=O)(=O)NCCCCC(C)C)cc1Cl. The minimum Gasteiger partial charge on any atom is -0.398 e. The molecule has 20 heavy (non-hydrogen) atoms. The van der Waals surface area contributed by atoms with Crippen molar-refractivity contribution >= 4 is 27.3 Å². The van der Waals surface area contributed by atoms with E-state index in [1.807, 2.05) is 0 Å². The van der Waals surface area contributed by atoms with Crippen LogP contribution < -0.4 is 10.5 Å². The van der Waals surface area contributed by atoms with Crippen molar-refractivity contribution in [3.8, 4) is 0 Å². The Morgan fingerprint density at radius 3 is 2.50 bits per heavy atom. The van der Waals surface area contributed by atoms with Crippen LogP contribution in [0.3, 0.4) is 0 Å². The Hall–Kier alpha value is -0.780. The van der Waals surface area contributed by atoms with Crippen LogP contribution in [0.25, 0.3) is 0 Å². The summed E-state index contributed by atoms with van der Waals surface area (Å²) in [4.78, 5) is 0.120. The van der Waals surface area contributed by atoms with E-state index >= 15 is 0 Å². The van der Waals surface area contributed by atoms with Crippen molar-refractivity contribution in [2.45, 2.75) is 44.9 Å².